The molecule has 0 spiro atoms. The predicted molar refractivity (Wildman–Crippen MR) is 74.8 cm³/mol. The lowest BCUT2D eigenvalue weighted by Crippen LogP contribution is -2.59. The number of unbranched alkanes of at least 4 members (excludes halogenated alkanes) is 3. The summed E-state index contributed by atoms with van der Waals surface area (Å²) in [5.74, 6) is -0.224. The van der Waals surface area contributed by atoms with Crippen molar-refractivity contribution in [1.29, 1.82) is 0 Å². The molecule has 1 heterocycles. The molecule has 0 aromatic carbocycles. The van der Waals surface area contributed by atoms with Crippen LogP contribution in [-0.2, 0) is 19.0 Å². The predicted octanol–water partition coefficient (Wildman–Crippen LogP) is -1.07. The Labute approximate surface area is 129 Å². The Bertz CT molecular complexity index is 322. The Hall–Kier alpha value is -0.770. The van der Waals surface area contributed by atoms with Crippen molar-refractivity contribution in [2.75, 3.05) is 20.3 Å². The molecule has 1 fully saturated rings. The van der Waals surface area contributed by atoms with E-state index in [-0.39, 0.29) is 5.97 Å². The van der Waals surface area contributed by atoms with Gasteiger partial charge in [0.2, 0.25) is 0 Å². The number of carbonyl (C=O) groups is 1. The van der Waals surface area contributed by atoms with Gasteiger partial charge < -0.3 is 34.6 Å². The van der Waals surface area contributed by atoms with Crippen molar-refractivity contribution in [2.24, 2.45) is 0 Å². The molecule has 5 atom stereocenters. The molecule has 1 rings (SSSR count). The Morgan fingerprint density at radius 1 is 1.05 bits per heavy atom. The van der Waals surface area contributed by atoms with Crippen molar-refractivity contribution in [1.82, 2.24) is 0 Å². The molecule has 0 saturated carbocycles. The summed E-state index contributed by atoms with van der Waals surface area (Å²) >= 11 is 0. The molecule has 130 valence electrons. The van der Waals surface area contributed by atoms with Crippen molar-refractivity contribution in [3.8, 4) is 0 Å². The first-order chi connectivity index (χ1) is 10.5. The van der Waals surface area contributed by atoms with Gasteiger partial charge in [-0.25, -0.2) is 0 Å². The second-order valence-corrected chi connectivity index (χ2v) is 5.31. The highest BCUT2D eigenvalue weighted by molar-refractivity contribution is 5.68. The topological polar surface area (TPSA) is 126 Å². The van der Waals surface area contributed by atoms with Gasteiger partial charge in [0, 0.05) is 13.0 Å². The van der Waals surface area contributed by atoms with E-state index in [1.807, 2.05) is 0 Å². The zero-order valence-corrected chi connectivity index (χ0v) is 12.8. The van der Waals surface area contributed by atoms with E-state index in [1.165, 1.54) is 7.11 Å². The third-order valence-electron chi connectivity index (χ3n) is 3.63. The number of rotatable bonds is 9. The lowest BCUT2D eigenvalue weighted by molar-refractivity contribution is -0.301. The fourth-order valence-electron chi connectivity index (χ4n) is 2.23. The summed E-state index contributed by atoms with van der Waals surface area (Å²) in [4.78, 5) is 10.9. The van der Waals surface area contributed by atoms with E-state index in [9.17, 15) is 20.1 Å². The second kappa shape index (κ2) is 10.1. The van der Waals surface area contributed by atoms with Gasteiger partial charge in [0.1, 0.15) is 24.4 Å². The van der Waals surface area contributed by atoms with Gasteiger partial charge in [0.15, 0.2) is 6.29 Å². The van der Waals surface area contributed by atoms with E-state index in [0.29, 0.717) is 19.4 Å². The van der Waals surface area contributed by atoms with Gasteiger partial charge in [0.05, 0.1) is 13.7 Å². The van der Waals surface area contributed by atoms with Gasteiger partial charge in [-0.3, -0.25) is 4.79 Å². The van der Waals surface area contributed by atoms with Crippen LogP contribution >= 0.6 is 0 Å². The zero-order valence-electron chi connectivity index (χ0n) is 12.8. The van der Waals surface area contributed by atoms with E-state index in [0.717, 1.165) is 19.3 Å². The number of methoxy groups -OCH3 is 1. The summed E-state index contributed by atoms with van der Waals surface area (Å²) in [5, 5.41) is 38.0. The number of carbonyl (C=O) groups excluding carboxylic acids is 1. The van der Waals surface area contributed by atoms with Crippen LogP contribution in [0.3, 0.4) is 0 Å². The summed E-state index contributed by atoms with van der Waals surface area (Å²) in [5.41, 5.74) is 0. The average Bonchev–Trinajstić information content (AvgIpc) is 2.53. The minimum atomic E-state index is -1.42. The first kappa shape index (κ1) is 19.3. The molecule has 0 bridgehead atoms. The standard InChI is InChI=1S/C14H26O8/c1-20-10(16)6-4-2-3-5-7-21-14-13(19)12(18)11(17)9(8-15)22-14/h9,11-15,17-19H,2-8H2,1H3/t9-,11-,12+,13+,14-/m1/s1. The van der Waals surface area contributed by atoms with Crippen LogP contribution in [0.15, 0.2) is 0 Å². The van der Waals surface area contributed by atoms with Crippen molar-refractivity contribution in [2.45, 2.75) is 62.8 Å². The van der Waals surface area contributed by atoms with E-state index in [4.69, 9.17) is 14.6 Å². The quantitative estimate of drug-likeness (QED) is 0.312. The molecule has 1 saturated heterocycles. The summed E-state index contributed by atoms with van der Waals surface area (Å²) in [7, 11) is 1.36. The van der Waals surface area contributed by atoms with Crippen LogP contribution in [0.25, 0.3) is 0 Å². The number of ether oxygens (including phenoxy) is 3. The third kappa shape index (κ3) is 5.79. The average molecular weight is 322 g/mol. The van der Waals surface area contributed by atoms with Crippen molar-refractivity contribution < 1.29 is 39.4 Å². The highest BCUT2D eigenvalue weighted by atomic mass is 16.7. The van der Waals surface area contributed by atoms with Crippen LogP contribution in [0, 0.1) is 0 Å². The smallest absolute Gasteiger partial charge is 0.305 e. The Kier molecular flexibility index (Phi) is 8.84. The maximum Gasteiger partial charge on any atom is 0.305 e. The molecule has 1 aliphatic rings. The van der Waals surface area contributed by atoms with Crippen molar-refractivity contribution >= 4 is 5.97 Å². The number of hydrogen-bond donors (Lipinski definition) is 4. The van der Waals surface area contributed by atoms with Gasteiger partial charge >= 0.3 is 5.97 Å². The van der Waals surface area contributed by atoms with E-state index < -0.39 is 37.3 Å². The van der Waals surface area contributed by atoms with Crippen LogP contribution in [0.1, 0.15) is 32.1 Å². The van der Waals surface area contributed by atoms with Gasteiger partial charge in [0.25, 0.3) is 0 Å². The summed E-state index contributed by atoms with van der Waals surface area (Å²) in [6.07, 6.45) is -2.66. The largest absolute Gasteiger partial charge is 0.469 e. The van der Waals surface area contributed by atoms with Crippen LogP contribution in [0.4, 0.5) is 0 Å². The van der Waals surface area contributed by atoms with E-state index in [1.54, 1.807) is 0 Å². The van der Waals surface area contributed by atoms with Gasteiger partial charge in [-0.2, -0.15) is 0 Å². The maximum atomic E-state index is 10.9. The van der Waals surface area contributed by atoms with Crippen LogP contribution in [-0.4, -0.2) is 77.4 Å². The van der Waals surface area contributed by atoms with Crippen LogP contribution in [0.2, 0.25) is 0 Å². The molecule has 0 radical (unpaired) electrons. The van der Waals surface area contributed by atoms with Crippen molar-refractivity contribution in [3.05, 3.63) is 0 Å². The minimum absolute atomic E-state index is 0.224. The zero-order chi connectivity index (χ0) is 16.5. The summed E-state index contributed by atoms with van der Waals surface area (Å²) < 4.78 is 15.1. The minimum Gasteiger partial charge on any atom is -0.469 e. The number of esters is 1. The molecule has 0 aromatic heterocycles. The Balaban J connectivity index is 2.17. The highest BCUT2D eigenvalue weighted by Gasteiger charge is 2.43. The van der Waals surface area contributed by atoms with E-state index in [2.05, 4.69) is 4.74 Å². The normalized spacial score (nSPS) is 32.0. The Morgan fingerprint density at radius 3 is 2.36 bits per heavy atom. The van der Waals surface area contributed by atoms with Gasteiger partial charge in [-0.05, 0) is 12.8 Å². The Morgan fingerprint density at radius 2 is 1.73 bits per heavy atom. The molecular weight excluding hydrogens is 296 g/mol. The number of aliphatic hydroxyl groups is 4. The molecule has 8 heteroatoms. The fourth-order valence-corrected chi connectivity index (χ4v) is 2.23. The number of aliphatic hydroxyl groups excluding tert-OH is 4. The molecule has 1 aliphatic heterocycles. The van der Waals surface area contributed by atoms with Crippen LogP contribution < -0.4 is 0 Å². The first-order valence-electron chi connectivity index (χ1n) is 7.50. The summed E-state index contributed by atoms with van der Waals surface area (Å²) in [6.45, 7) is -0.167. The number of hydrogen-bond acceptors (Lipinski definition) is 8. The molecule has 0 amide bonds. The lowest BCUT2D eigenvalue weighted by Gasteiger charge is -2.39. The second-order valence-electron chi connectivity index (χ2n) is 5.31. The molecular formula is C14H26O8. The molecule has 4 N–H and O–H groups in total. The van der Waals surface area contributed by atoms with Crippen LogP contribution in [0.5, 0.6) is 0 Å². The molecule has 22 heavy (non-hydrogen) atoms. The molecule has 0 aromatic rings. The van der Waals surface area contributed by atoms with Gasteiger partial charge in [-0.1, -0.05) is 12.8 Å². The lowest BCUT2D eigenvalue weighted by atomic mass is 9.99. The monoisotopic (exact) mass is 322 g/mol. The third-order valence-corrected chi connectivity index (χ3v) is 3.63. The fraction of sp³-hybridized carbons (Fsp3) is 0.929. The SMILES string of the molecule is COC(=O)CCCCCCO[C@@H]1O[C@H](CO)[C@@H](O)[C@H](O)[C@@H]1O. The first-order valence-corrected chi connectivity index (χ1v) is 7.50. The maximum absolute atomic E-state index is 10.9. The van der Waals surface area contributed by atoms with E-state index >= 15 is 0 Å². The highest BCUT2D eigenvalue weighted by Crippen LogP contribution is 2.22. The van der Waals surface area contributed by atoms with Gasteiger partial charge in [-0.15, -0.1) is 0 Å². The summed E-state index contributed by atoms with van der Waals surface area (Å²) in [6, 6.07) is 0. The molecule has 0 aliphatic carbocycles. The molecule has 8 nitrogen and oxygen atoms in total. The molecule has 0 unspecified atom stereocenters. The van der Waals surface area contributed by atoms with Crippen molar-refractivity contribution in [3.63, 3.8) is 0 Å².